The monoisotopic (exact) mass is 357 g/mol. The molecule has 5 nitrogen and oxygen atoms in total. The maximum atomic E-state index is 5.95. The summed E-state index contributed by atoms with van der Waals surface area (Å²) in [5.74, 6) is 2.67. The molecule has 1 heterocycles. The highest BCUT2D eigenvalue weighted by atomic mass is 16.5. The van der Waals surface area contributed by atoms with Crippen molar-refractivity contribution in [3.05, 3.63) is 102 Å². The second-order valence-corrected chi connectivity index (χ2v) is 6.02. The smallest absolute Gasteiger partial charge is 0.235 e. The lowest BCUT2D eigenvalue weighted by Crippen LogP contribution is -2.01. The first kappa shape index (κ1) is 16.8. The SMILES string of the molecule is c1ccc(Cc2nnc(CNc3ccccc3Oc3ccccc3)o2)cc1. The molecule has 0 amide bonds. The van der Waals surface area contributed by atoms with E-state index in [0.717, 1.165) is 22.7 Å². The number of hydrogen-bond donors (Lipinski definition) is 1. The van der Waals surface area contributed by atoms with Crippen molar-refractivity contribution in [2.75, 3.05) is 5.32 Å². The summed E-state index contributed by atoms with van der Waals surface area (Å²) in [7, 11) is 0. The zero-order chi connectivity index (χ0) is 18.3. The van der Waals surface area contributed by atoms with Crippen LogP contribution in [0.1, 0.15) is 17.3 Å². The summed E-state index contributed by atoms with van der Waals surface area (Å²) in [5.41, 5.74) is 2.01. The van der Waals surface area contributed by atoms with E-state index in [9.17, 15) is 0 Å². The number of aromatic nitrogens is 2. The van der Waals surface area contributed by atoms with Crippen LogP contribution in [-0.4, -0.2) is 10.2 Å². The van der Waals surface area contributed by atoms with Crippen molar-refractivity contribution < 1.29 is 9.15 Å². The highest BCUT2D eigenvalue weighted by Gasteiger charge is 2.09. The second-order valence-electron chi connectivity index (χ2n) is 6.02. The van der Waals surface area contributed by atoms with E-state index in [-0.39, 0.29) is 0 Å². The van der Waals surface area contributed by atoms with Crippen LogP contribution >= 0.6 is 0 Å². The lowest BCUT2D eigenvalue weighted by atomic mass is 10.2. The summed E-state index contributed by atoms with van der Waals surface area (Å²) < 4.78 is 11.7. The van der Waals surface area contributed by atoms with Crippen molar-refractivity contribution in [3.8, 4) is 11.5 Å². The molecule has 4 aromatic rings. The van der Waals surface area contributed by atoms with Gasteiger partial charge in [-0.15, -0.1) is 10.2 Å². The lowest BCUT2D eigenvalue weighted by Gasteiger charge is -2.11. The van der Waals surface area contributed by atoms with Crippen LogP contribution in [0.2, 0.25) is 0 Å². The average Bonchev–Trinajstić information content (AvgIpc) is 3.16. The normalized spacial score (nSPS) is 10.5. The number of benzene rings is 3. The molecule has 0 saturated carbocycles. The molecule has 0 unspecified atom stereocenters. The summed E-state index contributed by atoms with van der Waals surface area (Å²) in [4.78, 5) is 0. The summed E-state index contributed by atoms with van der Waals surface area (Å²) in [6, 6.07) is 27.5. The Kier molecular flexibility index (Phi) is 5.11. The first-order valence-electron chi connectivity index (χ1n) is 8.78. The number of nitrogens with zero attached hydrogens (tertiary/aromatic N) is 2. The Morgan fingerprint density at radius 3 is 2.22 bits per heavy atom. The largest absolute Gasteiger partial charge is 0.455 e. The third kappa shape index (κ3) is 4.52. The van der Waals surface area contributed by atoms with Gasteiger partial charge in [0.2, 0.25) is 11.8 Å². The highest BCUT2D eigenvalue weighted by Crippen LogP contribution is 2.29. The maximum Gasteiger partial charge on any atom is 0.235 e. The Hall–Kier alpha value is -3.60. The fraction of sp³-hybridized carbons (Fsp3) is 0.0909. The Morgan fingerprint density at radius 1 is 0.741 bits per heavy atom. The van der Waals surface area contributed by atoms with Crippen molar-refractivity contribution in [2.45, 2.75) is 13.0 Å². The molecule has 0 spiro atoms. The summed E-state index contributed by atoms with van der Waals surface area (Å²) in [5, 5.41) is 11.6. The fourth-order valence-electron chi connectivity index (χ4n) is 2.69. The Labute approximate surface area is 157 Å². The Balaban J connectivity index is 1.41. The van der Waals surface area contributed by atoms with Gasteiger partial charge in [0, 0.05) is 0 Å². The average molecular weight is 357 g/mol. The number of hydrogen-bond acceptors (Lipinski definition) is 5. The third-order valence-electron chi connectivity index (χ3n) is 4.00. The van der Waals surface area contributed by atoms with Crippen LogP contribution in [0, 0.1) is 0 Å². The fourth-order valence-corrected chi connectivity index (χ4v) is 2.69. The molecule has 134 valence electrons. The topological polar surface area (TPSA) is 60.2 Å². The highest BCUT2D eigenvalue weighted by molar-refractivity contribution is 5.57. The standard InChI is InChI=1S/C22H19N3O2/c1-3-9-17(10-4-1)15-21-24-25-22(27-21)16-23-19-13-7-8-14-20(19)26-18-11-5-2-6-12-18/h1-14,23H,15-16H2. The molecule has 1 aromatic heterocycles. The van der Waals surface area contributed by atoms with Crippen LogP contribution in [-0.2, 0) is 13.0 Å². The number of anilines is 1. The maximum absolute atomic E-state index is 5.95. The quantitative estimate of drug-likeness (QED) is 0.501. The van der Waals surface area contributed by atoms with Crippen LogP contribution in [0.5, 0.6) is 11.5 Å². The van der Waals surface area contributed by atoms with Crippen molar-refractivity contribution >= 4 is 5.69 Å². The number of rotatable bonds is 7. The predicted molar refractivity (Wildman–Crippen MR) is 104 cm³/mol. The van der Waals surface area contributed by atoms with Crippen LogP contribution in [0.25, 0.3) is 0 Å². The lowest BCUT2D eigenvalue weighted by molar-refractivity contribution is 0.462. The van der Waals surface area contributed by atoms with Crippen LogP contribution in [0.3, 0.4) is 0 Å². The van der Waals surface area contributed by atoms with Gasteiger partial charge in [0.05, 0.1) is 18.7 Å². The molecule has 0 aliphatic heterocycles. The van der Waals surface area contributed by atoms with Gasteiger partial charge in [0.15, 0.2) is 5.75 Å². The number of ether oxygens (including phenoxy) is 1. The van der Waals surface area contributed by atoms with Gasteiger partial charge < -0.3 is 14.5 Å². The summed E-state index contributed by atoms with van der Waals surface area (Å²) in [6.45, 7) is 0.428. The molecule has 0 radical (unpaired) electrons. The summed E-state index contributed by atoms with van der Waals surface area (Å²) >= 11 is 0. The minimum Gasteiger partial charge on any atom is -0.455 e. The van der Waals surface area contributed by atoms with E-state index in [1.54, 1.807) is 0 Å². The molecular weight excluding hydrogens is 338 g/mol. The van der Waals surface area contributed by atoms with Gasteiger partial charge in [-0.1, -0.05) is 60.7 Å². The van der Waals surface area contributed by atoms with Gasteiger partial charge in [-0.05, 0) is 29.8 Å². The van der Waals surface area contributed by atoms with E-state index < -0.39 is 0 Å². The van der Waals surface area contributed by atoms with E-state index in [1.165, 1.54) is 0 Å². The molecule has 3 aromatic carbocycles. The van der Waals surface area contributed by atoms with Crippen molar-refractivity contribution in [3.63, 3.8) is 0 Å². The third-order valence-corrected chi connectivity index (χ3v) is 4.00. The molecule has 0 aliphatic carbocycles. The minimum atomic E-state index is 0.428. The van der Waals surface area contributed by atoms with Gasteiger partial charge in [-0.3, -0.25) is 0 Å². The van der Waals surface area contributed by atoms with Gasteiger partial charge in [0.1, 0.15) is 5.75 Å². The molecule has 0 bridgehead atoms. The van der Waals surface area contributed by atoms with Gasteiger partial charge in [0.25, 0.3) is 0 Å². The van der Waals surface area contributed by atoms with E-state index in [2.05, 4.69) is 15.5 Å². The van der Waals surface area contributed by atoms with Crippen LogP contribution in [0.4, 0.5) is 5.69 Å². The molecule has 27 heavy (non-hydrogen) atoms. The number of nitrogens with one attached hydrogen (secondary N) is 1. The van der Waals surface area contributed by atoms with E-state index in [1.807, 2.05) is 84.9 Å². The minimum absolute atomic E-state index is 0.428. The first-order chi connectivity index (χ1) is 13.4. The van der Waals surface area contributed by atoms with Gasteiger partial charge in [-0.25, -0.2) is 0 Å². The zero-order valence-electron chi connectivity index (χ0n) is 14.7. The molecule has 0 saturated heterocycles. The van der Waals surface area contributed by atoms with Crippen molar-refractivity contribution in [1.29, 1.82) is 0 Å². The molecule has 0 fully saturated rings. The number of para-hydroxylation sites is 3. The molecule has 0 aliphatic rings. The van der Waals surface area contributed by atoms with Gasteiger partial charge >= 0.3 is 0 Å². The summed E-state index contributed by atoms with van der Waals surface area (Å²) in [6.07, 6.45) is 0.627. The van der Waals surface area contributed by atoms with Crippen LogP contribution in [0.15, 0.2) is 89.3 Å². The second kappa shape index (κ2) is 8.19. The van der Waals surface area contributed by atoms with E-state index in [4.69, 9.17) is 9.15 Å². The molecule has 5 heteroatoms. The zero-order valence-corrected chi connectivity index (χ0v) is 14.7. The molecule has 1 N–H and O–H groups in total. The molecular formula is C22H19N3O2. The molecule has 0 atom stereocenters. The Morgan fingerprint density at radius 2 is 1.41 bits per heavy atom. The first-order valence-corrected chi connectivity index (χ1v) is 8.78. The predicted octanol–water partition coefficient (Wildman–Crippen LogP) is 5.06. The molecule has 4 rings (SSSR count). The van der Waals surface area contributed by atoms with Crippen LogP contribution < -0.4 is 10.1 Å². The van der Waals surface area contributed by atoms with Crippen molar-refractivity contribution in [2.24, 2.45) is 0 Å². The van der Waals surface area contributed by atoms with E-state index in [0.29, 0.717) is 24.7 Å². The van der Waals surface area contributed by atoms with Crippen molar-refractivity contribution in [1.82, 2.24) is 10.2 Å². The van der Waals surface area contributed by atoms with Gasteiger partial charge in [-0.2, -0.15) is 0 Å². The van der Waals surface area contributed by atoms with E-state index >= 15 is 0 Å². The Bertz CT molecular complexity index is 985.